The molecule has 11 amide bonds. The summed E-state index contributed by atoms with van der Waals surface area (Å²) in [6, 6.07) is 14.5. The minimum absolute atomic E-state index is 0.0370. The fourth-order valence-electron chi connectivity index (χ4n) is 18.3. The molecule has 129 heavy (non-hydrogen) atoms. The first-order chi connectivity index (χ1) is 61.2. The Morgan fingerprint density at radius 1 is 0.403 bits per heavy atom. The molecule has 0 atom stereocenters. The number of aromatic nitrogens is 8. The molecule has 0 radical (unpaired) electrons. The molecule has 1 fully saturated rings. The zero-order valence-corrected chi connectivity index (χ0v) is 79.4. The highest BCUT2D eigenvalue weighted by molar-refractivity contribution is 9.10. The molecule has 0 bridgehead atoms. The number of nitriles is 1. The number of aryl methyl sites for hydroxylation is 11. The van der Waals surface area contributed by atoms with Crippen LogP contribution in [0.1, 0.15) is 199 Å². The van der Waals surface area contributed by atoms with E-state index in [9.17, 15) is 67.2 Å². The van der Waals surface area contributed by atoms with E-state index in [4.69, 9.17) is 5.26 Å². The van der Waals surface area contributed by atoms with Gasteiger partial charge in [0.25, 0.3) is 57.8 Å². The van der Waals surface area contributed by atoms with E-state index in [1.54, 1.807) is 23.7 Å². The van der Waals surface area contributed by atoms with Gasteiger partial charge in [-0.2, -0.15) is 59.3 Å². The number of rotatable bonds is 24. The maximum atomic E-state index is 12.9. The Morgan fingerprint density at radius 3 is 1.05 bits per heavy atom. The Balaban J connectivity index is 0.000000147. The SMILES string of the molecule is CCn1nc(S(=O)(=O)NC(=O)Nc2c(Br)ccc3c2CCC3)cc1CN(C)C.CN(C(=O)c1cc(S(=O)(=O)NC(=O)Nc2c3c(cc4c2CCC4)CCC3)nn1C)C1CCCC1.CN(C)CCN(C)C(=O)c1cc(S(=O)(=O)NC(=O)Nc2c3c(cc4c2CCC4)CCC3)nn1C.CN(CCC#N)C(=O)c1cc(S(=O)(=O)NC(=O)Nc2c3c(cc4c2CCC4)CCC3)nn1C. The van der Waals surface area contributed by atoms with Crippen molar-refractivity contribution in [3.05, 3.63) is 160 Å². The van der Waals surface area contributed by atoms with Crippen LogP contribution in [0.3, 0.4) is 0 Å². The van der Waals surface area contributed by atoms with Gasteiger partial charge in [0.15, 0.2) is 20.1 Å². The normalized spacial score (nSPS) is 15.1. The standard InChI is InChI=1S/C24H31N5O4S.C23H32N6O4S.C22H26N6O4S.C18H24BrN5O3S/c1-28(17-9-3-4-10-17)23(30)20-14-21(26-29(20)2)34(32,33)27-24(31)25-22-18-11-5-7-15(18)13-16-8-6-12-19(16)22;1-27(2)11-12-28(3)22(30)19-14-20(25-29(19)4)34(32,33)26-23(31)24-21-17-9-5-7-15(17)13-16-8-6-10-18(16)21;1-27(11-5-10-23)21(29)18-13-19(25-28(18)2)33(31,32)26-22(30)24-20-16-8-3-6-14(16)12-15-7-4-9-17(15)20;1-4-24-13(11-23(2)3)10-16(21-24)28(26,27)22-18(25)20-17-14-7-5-6-12(14)8-9-15(17)19/h13-14,17H,3-12H2,1-2H3,(H2,25,27,31);13-14H,5-12H2,1-4H3,(H2,24,26,31);12-13H,3-9,11H2,1-2H3,(H2,24,26,30);8-10H,4-7,11H2,1-3H3,(H2,20,22,25). The molecular formula is C87H113BrN22O15S4. The number of benzene rings is 4. The summed E-state index contributed by atoms with van der Waals surface area (Å²) in [5, 5.41) is 34.5. The first kappa shape index (κ1) is 95.5. The van der Waals surface area contributed by atoms with E-state index in [2.05, 4.69) is 90.0 Å². The predicted octanol–water partition coefficient (Wildman–Crippen LogP) is 9.08. The van der Waals surface area contributed by atoms with Crippen molar-refractivity contribution >= 4 is 121 Å². The molecule has 8 aliphatic rings. The lowest BCUT2D eigenvalue weighted by Crippen LogP contribution is -2.36. The van der Waals surface area contributed by atoms with Gasteiger partial charge in [-0.1, -0.05) is 37.1 Å². The third-order valence-electron chi connectivity index (χ3n) is 24.8. The van der Waals surface area contributed by atoms with Crippen molar-refractivity contribution in [1.29, 1.82) is 5.26 Å². The molecule has 16 rings (SSSR count). The van der Waals surface area contributed by atoms with Crippen molar-refractivity contribution in [2.24, 2.45) is 21.1 Å². The third kappa shape index (κ3) is 21.8. The fraction of sp³-hybridized carbons (Fsp3) is 0.494. The Labute approximate surface area is 760 Å². The van der Waals surface area contributed by atoms with Crippen LogP contribution in [-0.2, 0) is 164 Å². The van der Waals surface area contributed by atoms with Crippen LogP contribution >= 0.6 is 15.9 Å². The Bertz CT molecular complexity index is 6170. The van der Waals surface area contributed by atoms with Crippen molar-refractivity contribution in [3.8, 4) is 6.07 Å². The molecule has 692 valence electrons. The van der Waals surface area contributed by atoms with Crippen molar-refractivity contribution in [2.45, 2.75) is 213 Å². The van der Waals surface area contributed by atoms with Crippen LogP contribution in [0.5, 0.6) is 0 Å². The minimum atomic E-state index is -4.30. The van der Waals surface area contributed by atoms with Gasteiger partial charge in [-0.05, 0) is 283 Å². The summed E-state index contributed by atoms with van der Waals surface area (Å²) in [6.07, 6.45) is 24.3. The van der Waals surface area contributed by atoms with Gasteiger partial charge in [-0.15, -0.1) is 0 Å². The summed E-state index contributed by atoms with van der Waals surface area (Å²) in [4.78, 5) is 97.3. The fourth-order valence-corrected chi connectivity index (χ4v) is 22.4. The van der Waals surface area contributed by atoms with Crippen LogP contribution < -0.4 is 40.2 Å². The van der Waals surface area contributed by atoms with Crippen LogP contribution in [0.25, 0.3) is 0 Å². The number of sulfonamides is 4. The number of urea groups is 4. The Morgan fingerprint density at radius 2 is 0.721 bits per heavy atom. The number of nitrogens with one attached hydrogen (secondary N) is 8. The number of nitrogens with zero attached hydrogens (tertiary/aromatic N) is 14. The number of hydrogen-bond acceptors (Lipinski definition) is 22. The predicted molar refractivity (Wildman–Crippen MR) is 487 cm³/mol. The van der Waals surface area contributed by atoms with Gasteiger partial charge >= 0.3 is 24.1 Å². The smallest absolute Gasteiger partial charge is 0.333 e. The van der Waals surface area contributed by atoms with Gasteiger partial charge in [0.2, 0.25) is 0 Å². The monoisotopic (exact) mass is 1910 g/mol. The molecule has 4 aromatic heterocycles. The van der Waals surface area contributed by atoms with Crippen molar-refractivity contribution in [1.82, 2.24) is 82.5 Å². The summed E-state index contributed by atoms with van der Waals surface area (Å²) >= 11 is 3.44. The largest absolute Gasteiger partial charge is 0.339 e. The molecule has 8 aliphatic carbocycles. The Kier molecular flexibility index (Phi) is 29.7. The van der Waals surface area contributed by atoms with Crippen molar-refractivity contribution in [3.63, 3.8) is 0 Å². The number of hydrogen-bond donors (Lipinski definition) is 8. The van der Waals surface area contributed by atoms with E-state index in [0.29, 0.717) is 31.9 Å². The summed E-state index contributed by atoms with van der Waals surface area (Å²) in [5.41, 5.74) is 20.3. The average Bonchev–Trinajstić information content (AvgIpc) is 1.64. The average molecular weight is 1920 g/mol. The number of carbonyl (C=O) groups excluding carboxylic acids is 7. The van der Waals surface area contributed by atoms with Gasteiger partial charge in [0.1, 0.15) is 17.1 Å². The van der Waals surface area contributed by atoms with E-state index < -0.39 is 75.2 Å². The lowest BCUT2D eigenvalue weighted by Gasteiger charge is -2.24. The number of fused-ring (bicyclic) bond motifs is 7. The summed E-state index contributed by atoms with van der Waals surface area (Å²) in [6.45, 7) is 4.32. The molecule has 8 aromatic rings. The first-order valence-corrected chi connectivity index (χ1v) is 50.2. The molecular weight excluding hydrogens is 1800 g/mol. The van der Waals surface area contributed by atoms with Gasteiger partial charge in [0, 0.05) is 127 Å². The molecule has 42 heteroatoms. The van der Waals surface area contributed by atoms with Crippen molar-refractivity contribution in [2.75, 3.05) is 90.2 Å². The summed E-state index contributed by atoms with van der Waals surface area (Å²) < 4.78 is 117. The maximum absolute atomic E-state index is 12.9. The molecule has 0 unspecified atom stereocenters. The molecule has 4 aromatic carbocycles. The molecule has 8 N–H and O–H groups in total. The lowest BCUT2D eigenvalue weighted by molar-refractivity contribution is 0.0722. The van der Waals surface area contributed by atoms with Crippen LogP contribution in [0.2, 0.25) is 0 Å². The molecule has 0 spiro atoms. The number of amides is 11. The zero-order chi connectivity index (χ0) is 92.9. The second-order valence-corrected chi connectivity index (χ2v) is 41.7. The number of carbonyl (C=O) groups is 7. The number of halogens is 1. The molecule has 1 saturated carbocycles. The first-order valence-electron chi connectivity index (χ1n) is 43.5. The third-order valence-corrected chi connectivity index (χ3v) is 30.3. The zero-order valence-electron chi connectivity index (χ0n) is 74.6. The Hall–Kier alpha value is -11.1. The van der Waals surface area contributed by atoms with Gasteiger partial charge in [0.05, 0.1) is 23.9 Å². The van der Waals surface area contributed by atoms with Crippen LogP contribution in [-0.4, -0.2) is 214 Å². The van der Waals surface area contributed by atoms with Crippen molar-refractivity contribution < 1.29 is 67.2 Å². The van der Waals surface area contributed by atoms with E-state index >= 15 is 0 Å². The highest BCUT2D eigenvalue weighted by atomic mass is 79.9. The molecule has 4 heterocycles. The number of likely N-dealkylation sites (N-methyl/N-ethyl adjacent to an activating group) is 2. The van der Waals surface area contributed by atoms with Gasteiger partial charge < -0.3 is 45.8 Å². The molecule has 0 saturated heterocycles. The van der Waals surface area contributed by atoms with Crippen LogP contribution in [0.4, 0.5) is 41.9 Å². The van der Waals surface area contributed by atoms with Gasteiger partial charge in [-0.25, -0.2) is 38.1 Å². The topological polar surface area (TPSA) is 464 Å². The maximum Gasteiger partial charge on any atom is 0.333 e. The lowest BCUT2D eigenvalue weighted by atomic mass is 9.99. The second-order valence-electron chi connectivity index (χ2n) is 34.4. The van der Waals surface area contributed by atoms with Crippen LogP contribution in [0, 0.1) is 11.3 Å². The van der Waals surface area contributed by atoms with E-state index in [-0.39, 0.29) is 63.0 Å². The van der Waals surface area contributed by atoms with E-state index in [1.807, 2.05) is 67.8 Å². The molecule has 0 aliphatic heterocycles. The van der Waals surface area contributed by atoms with Crippen LogP contribution in [0.15, 0.2) is 79.2 Å². The summed E-state index contributed by atoms with van der Waals surface area (Å²) in [5.74, 6) is -1.09. The van der Waals surface area contributed by atoms with E-state index in [0.717, 1.165) is 237 Å². The number of anilines is 4. The second kappa shape index (κ2) is 40.1. The van der Waals surface area contributed by atoms with E-state index in [1.165, 1.54) is 104 Å². The highest BCUT2D eigenvalue weighted by Crippen LogP contribution is 2.43. The van der Waals surface area contributed by atoms with Gasteiger partial charge in [-0.3, -0.25) is 33.1 Å². The molecule has 37 nitrogen and oxygen atoms in total. The quantitative estimate of drug-likeness (QED) is 0.0279. The minimum Gasteiger partial charge on any atom is -0.339 e. The summed E-state index contributed by atoms with van der Waals surface area (Å²) in [7, 11) is 0.0733. The highest BCUT2D eigenvalue weighted by Gasteiger charge is 2.36.